The summed E-state index contributed by atoms with van der Waals surface area (Å²) in [5, 5.41) is 0. The number of hydrogen-bond donors (Lipinski definition) is 0. The number of rotatable bonds is 2. The number of esters is 1. The highest BCUT2D eigenvalue weighted by Gasteiger charge is 2.40. The summed E-state index contributed by atoms with van der Waals surface area (Å²) in [6.07, 6.45) is -1.21. The SMILES string of the molecule is COC(=O)C1Oc2c(OC)cccc2C1=O. The van der Waals surface area contributed by atoms with E-state index in [1.165, 1.54) is 14.2 Å². The molecule has 5 heteroatoms. The summed E-state index contributed by atoms with van der Waals surface area (Å²) in [5.74, 6) is -0.383. The van der Waals surface area contributed by atoms with Gasteiger partial charge in [0.1, 0.15) is 0 Å². The van der Waals surface area contributed by atoms with Gasteiger partial charge >= 0.3 is 5.97 Å². The number of benzene rings is 1. The van der Waals surface area contributed by atoms with E-state index >= 15 is 0 Å². The van der Waals surface area contributed by atoms with Gasteiger partial charge in [-0.25, -0.2) is 4.79 Å². The van der Waals surface area contributed by atoms with Crippen molar-refractivity contribution in [3.05, 3.63) is 23.8 Å². The Hall–Kier alpha value is -2.04. The third kappa shape index (κ3) is 1.41. The minimum Gasteiger partial charge on any atom is -0.493 e. The van der Waals surface area contributed by atoms with Crippen molar-refractivity contribution >= 4 is 11.8 Å². The number of ketones is 1. The predicted octanol–water partition coefficient (Wildman–Crippen LogP) is 0.812. The van der Waals surface area contributed by atoms with Crippen molar-refractivity contribution in [2.75, 3.05) is 14.2 Å². The van der Waals surface area contributed by atoms with E-state index in [-0.39, 0.29) is 0 Å². The summed E-state index contributed by atoms with van der Waals surface area (Å²) >= 11 is 0. The van der Waals surface area contributed by atoms with Crippen LogP contribution in [0, 0.1) is 0 Å². The quantitative estimate of drug-likeness (QED) is 0.547. The van der Waals surface area contributed by atoms with Crippen LogP contribution in [0.2, 0.25) is 0 Å². The number of para-hydroxylation sites is 1. The average Bonchev–Trinajstić information content (AvgIpc) is 2.66. The second-order valence-electron chi connectivity index (χ2n) is 3.22. The molecule has 0 aliphatic carbocycles. The van der Waals surface area contributed by atoms with Crippen molar-refractivity contribution in [2.45, 2.75) is 6.10 Å². The lowest BCUT2D eigenvalue weighted by atomic mass is 10.1. The van der Waals surface area contributed by atoms with E-state index in [4.69, 9.17) is 9.47 Å². The molecule has 0 saturated carbocycles. The minimum atomic E-state index is -1.21. The third-order valence-corrected chi connectivity index (χ3v) is 2.35. The molecule has 5 nitrogen and oxygen atoms in total. The lowest BCUT2D eigenvalue weighted by Crippen LogP contribution is -2.31. The van der Waals surface area contributed by atoms with Gasteiger partial charge in [-0.1, -0.05) is 6.07 Å². The van der Waals surface area contributed by atoms with Crippen molar-refractivity contribution in [1.82, 2.24) is 0 Å². The average molecular weight is 222 g/mol. The Morgan fingerprint density at radius 3 is 2.75 bits per heavy atom. The fourth-order valence-corrected chi connectivity index (χ4v) is 1.57. The molecule has 0 aromatic heterocycles. The van der Waals surface area contributed by atoms with Gasteiger partial charge in [0.2, 0.25) is 5.78 Å². The normalized spacial score (nSPS) is 17.6. The smallest absolute Gasteiger partial charge is 0.355 e. The molecule has 0 fully saturated rings. The number of methoxy groups -OCH3 is 2. The van der Waals surface area contributed by atoms with Crippen LogP contribution >= 0.6 is 0 Å². The van der Waals surface area contributed by atoms with Crippen LogP contribution in [0.3, 0.4) is 0 Å². The first-order chi connectivity index (χ1) is 7.69. The molecule has 1 unspecified atom stereocenters. The van der Waals surface area contributed by atoms with Gasteiger partial charge in [0.15, 0.2) is 11.5 Å². The molecule has 2 rings (SSSR count). The molecule has 1 heterocycles. The molecule has 16 heavy (non-hydrogen) atoms. The van der Waals surface area contributed by atoms with Crippen LogP contribution in [0.1, 0.15) is 10.4 Å². The van der Waals surface area contributed by atoms with Crippen molar-refractivity contribution in [3.63, 3.8) is 0 Å². The number of ether oxygens (including phenoxy) is 3. The summed E-state index contributed by atoms with van der Waals surface area (Å²) < 4.78 is 14.8. The Morgan fingerprint density at radius 1 is 1.38 bits per heavy atom. The zero-order chi connectivity index (χ0) is 11.7. The number of Topliss-reactive ketones (excluding diaryl/α,β-unsaturated/α-hetero) is 1. The van der Waals surface area contributed by atoms with E-state index in [2.05, 4.69) is 4.74 Å². The second-order valence-corrected chi connectivity index (χ2v) is 3.22. The topological polar surface area (TPSA) is 61.8 Å². The number of hydrogen-bond acceptors (Lipinski definition) is 5. The zero-order valence-electron chi connectivity index (χ0n) is 8.85. The second kappa shape index (κ2) is 3.84. The van der Waals surface area contributed by atoms with E-state index in [0.717, 1.165) is 0 Å². The molecule has 1 aromatic rings. The third-order valence-electron chi connectivity index (χ3n) is 2.35. The van der Waals surface area contributed by atoms with Crippen molar-refractivity contribution in [3.8, 4) is 11.5 Å². The standard InChI is InChI=1S/C11H10O5/c1-14-7-5-3-4-6-8(12)10(11(13)15-2)16-9(6)7/h3-5,10H,1-2H3. The van der Waals surface area contributed by atoms with Crippen molar-refractivity contribution < 1.29 is 23.8 Å². The molecule has 1 aliphatic rings. The Kier molecular flexibility index (Phi) is 2.52. The van der Waals surface area contributed by atoms with Crippen LogP contribution in [0.15, 0.2) is 18.2 Å². The molecule has 84 valence electrons. The lowest BCUT2D eigenvalue weighted by Gasteiger charge is -2.08. The van der Waals surface area contributed by atoms with Crippen molar-refractivity contribution in [2.24, 2.45) is 0 Å². The first-order valence-corrected chi connectivity index (χ1v) is 4.64. The summed E-state index contributed by atoms with van der Waals surface area (Å²) in [7, 11) is 2.67. The molecule has 0 amide bonds. The Bertz CT molecular complexity index is 452. The summed E-state index contributed by atoms with van der Waals surface area (Å²) in [5.41, 5.74) is 0.342. The monoisotopic (exact) mass is 222 g/mol. The maximum atomic E-state index is 11.8. The van der Waals surface area contributed by atoms with Crippen LogP contribution in [-0.2, 0) is 9.53 Å². The Labute approximate surface area is 91.9 Å². The number of carbonyl (C=O) groups is 2. The van der Waals surface area contributed by atoms with Crippen LogP contribution in [0.25, 0.3) is 0 Å². The van der Waals surface area contributed by atoms with E-state index in [1.807, 2.05) is 0 Å². The molecule has 1 aliphatic heterocycles. The summed E-state index contributed by atoms with van der Waals surface area (Å²) in [6.45, 7) is 0. The summed E-state index contributed by atoms with van der Waals surface area (Å²) in [4.78, 5) is 23.1. The number of carbonyl (C=O) groups excluding carboxylic acids is 2. The maximum Gasteiger partial charge on any atom is 0.355 e. The van der Waals surface area contributed by atoms with Gasteiger partial charge in [0, 0.05) is 0 Å². The van der Waals surface area contributed by atoms with E-state index in [0.29, 0.717) is 17.1 Å². The maximum absolute atomic E-state index is 11.8. The van der Waals surface area contributed by atoms with Gasteiger partial charge in [-0.2, -0.15) is 0 Å². The molecule has 0 spiro atoms. The lowest BCUT2D eigenvalue weighted by molar-refractivity contribution is -0.145. The summed E-state index contributed by atoms with van der Waals surface area (Å²) in [6, 6.07) is 4.91. The molecule has 0 saturated heterocycles. The molecule has 0 bridgehead atoms. The Balaban J connectivity index is 2.41. The van der Waals surface area contributed by atoms with E-state index in [1.54, 1.807) is 18.2 Å². The molecule has 1 aromatic carbocycles. The van der Waals surface area contributed by atoms with Gasteiger partial charge in [-0.05, 0) is 12.1 Å². The highest BCUT2D eigenvalue weighted by molar-refractivity contribution is 6.15. The first kappa shape index (κ1) is 10.5. The van der Waals surface area contributed by atoms with Crippen LogP contribution in [0.5, 0.6) is 11.5 Å². The Morgan fingerprint density at radius 2 is 2.12 bits per heavy atom. The van der Waals surface area contributed by atoms with E-state index in [9.17, 15) is 9.59 Å². The van der Waals surface area contributed by atoms with E-state index < -0.39 is 17.9 Å². The van der Waals surface area contributed by atoms with Crippen LogP contribution in [0.4, 0.5) is 0 Å². The molecule has 1 atom stereocenters. The van der Waals surface area contributed by atoms with Gasteiger partial charge < -0.3 is 14.2 Å². The molecular weight excluding hydrogens is 212 g/mol. The molecule has 0 N–H and O–H groups in total. The first-order valence-electron chi connectivity index (χ1n) is 4.64. The van der Waals surface area contributed by atoms with Crippen LogP contribution < -0.4 is 9.47 Å². The van der Waals surface area contributed by atoms with Gasteiger partial charge in [0.05, 0.1) is 19.8 Å². The fourth-order valence-electron chi connectivity index (χ4n) is 1.57. The predicted molar refractivity (Wildman–Crippen MR) is 53.8 cm³/mol. The molecule has 0 radical (unpaired) electrons. The highest BCUT2D eigenvalue weighted by atomic mass is 16.6. The van der Waals surface area contributed by atoms with Crippen LogP contribution in [-0.4, -0.2) is 32.1 Å². The van der Waals surface area contributed by atoms with Crippen molar-refractivity contribution in [1.29, 1.82) is 0 Å². The fraction of sp³-hybridized carbons (Fsp3) is 0.273. The molecular formula is C11H10O5. The zero-order valence-corrected chi connectivity index (χ0v) is 8.85. The van der Waals surface area contributed by atoms with Gasteiger partial charge in [-0.15, -0.1) is 0 Å². The minimum absolute atomic E-state index is 0.297. The largest absolute Gasteiger partial charge is 0.493 e. The number of fused-ring (bicyclic) bond motifs is 1. The highest BCUT2D eigenvalue weighted by Crippen LogP contribution is 2.37. The van der Waals surface area contributed by atoms with Gasteiger partial charge in [-0.3, -0.25) is 4.79 Å². The van der Waals surface area contributed by atoms with Gasteiger partial charge in [0.25, 0.3) is 6.10 Å².